The summed E-state index contributed by atoms with van der Waals surface area (Å²) in [7, 11) is 0. The number of nitrogens with zero attached hydrogens (tertiary/aromatic N) is 4. The molecule has 2 fully saturated rings. The molecule has 0 bridgehead atoms. The summed E-state index contributed by atoms with van der Waals surface area (Å²) in [6, 6.07) is 5.82. The predicted octanol–water partition coefficient (Wildman–Crippen LogP) is 5.20. The first kappa shape index (κ1) is 22.5. The van der Waals surface area contributed by atoms with Crippen LogP contribution in [0, 0.1) is 5.82 Å². The number of hydrogen-bond donors (Lipinski definition) is 1. The minimum atomic E-state index is -1.13. The molecule has 31 heavy (non-hydrogen) atoms. The fraction of sp³-hybridized carbons (Fsp3) is 0.545. The Balaban J connectivity index is 1.20. The van der Waals surface area contributed by atoms with Gasteiger partial charge in [-0.15, -0.1) is 0 Å². The van der Waals surface area contributed by atoms with Crippen molar-refractivity contribution in [1.29, 1.82) is 0 Å². The van der Waals surface area contributed by atoms with Gasteiger partial charge in [-0.05, 0) is 44.2 Å². The van der Waals surface area contributed by atoms with Crippen LogP contribution in [-0.2, 0) is 0 Å². The molecule has 1 aromatic carbocycles. The van der Waals surface area contributed by atoms with E-state index in [0.717, 1.165) is 63.6 Å². The molecule has 0 amide bonds. The normalized spacial score (nSPS) is 24.9. The molecule has 5 nitrogen and oxygen atoms in total. The number of aromatic nitrogens is 2. The lowest BCUT2D eigenvalue weighted by molar-refractivity contribution is 0.0748. The summed E-state index contributed by atoms with van der Waals surface area (Å²) >= 11 is 12.5. The molecule has 168 valence electrons. The molecule has 2 aromatic rings. The largest absolute Gasteiger partial charge is 0.368 e. The quantitative estimate of drug-likeness (QED) is 0.629. The van der Waals surface area contributed by atoms with Crippen LogP contribution in [0.25, 0.3) is 0 Å². The van der Waals surface area contributed by atoms with Crippen LogP contribution in [0.3, 0.4) is 0 Å². The third-order valence-corrected chi connectivity index (χ3v) is 7.16. The van der Waals surface area contributed by atoms with Crippen molar-refractivity contribution >= 4 is 34.8 Å². The number of halogens is 4. The molecule has 1 aliphatic carbocycles. The van der Waals surface area contributed by atoms with Gasteiger partial charge in [-0.25, -0.2) is 18.7 Å². The van der Waals surface area contributed by atoms with Crippen molar-refractivity contribution in [2.24, 2.45) is 0 Å². The van der Waals surface area contributed by atoms with Gasteiger partial charge in [-0.2, -0.15) is 0 Å². The van der Waals surface area contributed by atoms with E-state index >= 15 is 4.39 Å². The maximum absolute atomic E-state index is 15.4. The standard InChI is InChI=1S/C22H27Cl2F2N5/c23-18-2-1-3-19(20(18)24)31-12-10-30(11-13-31)9-8-22(26)6-4-17(5-7-22)29-21-27-14-16(25)15-28-21/h1-3,14-15,17H,4-13H2,(H,27,28,29). The monoisotopic (exact) mass is 469 g/mol. The van der Waals surface area contributed by atoms with Crippen LogP contribution in [-0.4, -0.2) is 59.3 Å². The molecule has 1 aliphatic heterocycles. The summed E-state index contributed by atoms with van der Waals surface area (Å²) in [5.74, 6) is -0.0658. The van der Waals surface area contributed by atoms with E-state index in [1.165, 1.54) is 0 Å². The molecular formula is C22H27Cl2F2N5. The van der Waals surface area contributed by atoms with E-state index in [0.29, 0.717) is 35.3 Å². The van der Waals surface area contributed by atoms with Crippen molar-refractivity contribution in [1.82, 2.24) is 14.9 Å². The van der Waals surface area contributed by atoms with Gasteiger partial charge in [-0.3, -0.25) is 4.90 Å². The number of hydrogen-bond acceptors (Lipinski definition) is 5. The SMILES string of the molecule is Fc1cnc(NC2CCC(F)(CCN3CCN(c4cccc(Cl)c4Cl)CC3)CC2)nc1. The Hall–Kier alpha value is -1.70. The fourth-order valence-corrected chi connectivity index (χ4v) is 4.82. The van der Waals surface area contributed by atoms with Crippen LogP contribution in [0.2, 0.25) is 10.0 Å². The zero-order valence-corrected chi connectivity index (χ0v) is 18.8. The van der Waals surface area contributed by atoms with Gasteiger partial charge >= 0.3 is 0 Å². The lowest BCUT2D eigenvalue weighted by Crippen LogP contribution is -2.48. The van der Waals surface area contributed by atoms with Gasteiger partial charge in [0.2, 0.25) is 5.95 Å². The second-order valence-corrected chi connectivity index (χ2v) is 9.23. The summed E-state index contributed by atoms with van der Waals surface area (Å²) < 4.78 is 28.3. The molecule has 0 unspecified atom stereocenters. The molecular weight excluding hydrogens is 443 g/mol. The lowest BCUT2D eigenvalue weighted by atomic mass is 9.81. The molecule has 1 N–H and O–H groups in total. The van der Waals surface area contributed by atoms with Crippen molar-refractivity contribution in [3.8, 4) is 0 Å². The van der Waals surface area contributed by atoms with Crippen LogP contribution >= 0.6 is 23.2 Å². The summed E-state index contributed by atoms with van der Waals surface area (Å²) in [4.78, 5) is 12.4. The topological polar surface area (TPSA) is 44.3 Å². The van der Waals surface area contributed by atoms with Gasteiger partial charge in [0.25, 0.3) is 0 Å². The molecule has 1 aromatic heterocycles. The number of piperazine rings is 1. The molecule has 4 rings (SSSR count). The molecule has 0 radical (unpaired) electrons. The van der Waals surface area contributed by atoms with Crippen molar-refractivity contribution in [2.75, 3.05) is 42.9 Å². The number of anilines is 2. The second kappa shape index (κ2) is 9.84. The van der Waals surface area contributed by atoms with E-state index in [-0.39, 0.29) is 6.04 Å². The summed E-state index contributed by atoms with van der Waals surface area (Å²) in [6.07, 6.45) is 5.30. The predicted molar refractivity (Wildman–Crippen MR) is 121 cm³/mol. The molecule has 0 atom stereocenters. The number of benzene rings is 1. The maximum Gasteiger partial charge on any atom is 0.222 e. The van der Waals surface area contributed by atoms with Crippen molar-refractivity contribution in [3.05, 3.63) is 46.5 Å². The Kier molecular flexibility index (Phi) is 7.14. The smallest absolute Gasteiger partial charge is 0.222 e. The molecule has 2 aliphatic rings. The summed E-state index contributed by atoms with van der Waals surface area (Å²) in [6.45, 7) is 4.22. The van der Waals surface area contributed by atoms with E-state index in [2.05, 4.69) is 25.1 Å². The Labute approximate surface area is 191 Å². The van der Waals surface area contributed by atoms with Gasteiger partial charge in [0.1, 0.15) is 5.67 Å². The highest BCUT2D eigenvalue weighted by molar-refractivity contribution is 6.43. The van der Waals surface area contributed by atoms with Crippen molar-refractivity contribution < 1.29 is 8.78 Å². The molecule has 9 heteroatoms. The number of alkyl halides is 1. The lowest BCUT2D eigenvalue weighted by Gasteiger charge is -2.39. The summed E-state index contributed by atoms with van der Waals surface area (Å²) in [5, 5.41) is 4.35. The van der Waals surface area contributed by atoms with Crippen LogP contribution in [0.5, 0.6) is 0 Å². The van der Waals surface area contributed by atoms with Gasteiger partial charge in [0.15, 0.2) is 5.82 Å². The third-order valence-electron chi connectivity index (χ3n) is 6.36. The first-order valence-corrected chi connectivity index (χ1v) is 11.5. The Bertz CT molecular complexity index is 867. The molecule has 1 saturated carbocycles. The average molecular weight is 470 g/mol. The molecule has 1 saturated heterocycles. The van der Waals surface area contributed by atoms with E-state index < -0.39 is 11.5 Å². The zero-order valence-electron chi connectivity index (χ0n) is 17.3. The molecule has 0 spiro atoms. The molecule has 2 heterocycles. The first-order chi connectivity index (χ1) is 14.9. The van der Waals surface area contributed by atoms with E-state index in [1.807, 2.05) is 12.1 Å². The van der Waals surface area contributed by atoms with Crippen molar-refractivity contribution in [2.45, 2.75) is 43.8 Å². The Morgan fingerprint density at radius 3 is 2.42 bits per heavy atom. The van der Waals surface area contributed by atoms with Crippen LogP contribution in [0.4, 0.5) is 20.4 Å². The van der Waals surface area contributed by atoms with Crippen molar-refractivity contribution in [3.63, 3.8) is 0 Å². The van der Waals surface area contributed by atoms with Gasteiger partial charge in [0, 0.05) is 38.8 Å². The zero-order chi connectivity index (χ0) is 21.8. The first-order valence-electron chi connectivity index (χ1n) is 10.8. The number of rotatable bonds is 6. The van der Waals surface area contributed by atoms with Crippen LogP contribution in [0.15, 0.2) is 30.6 Å². The number of nitrogens with one attached hydrogen (secondary N) is 1. The fourth-order valence-electron chi connectivity index (χ4n) is 4.41. The average Bonchev–Trinajstić information content (AvgIpc) is 2.78. The minimum Gasteiger partial charge on any atom is -0.368 e. The van der Waals surface area contributed by atoms with Gasteiger partial charge in [-0.1, -0.05) is 29.3 Å². The summed E-state index contributed by atoms with van der Waals surface area (Å²) in [5.41, 5.74) is -0.165. The minimum absolute atomic E-state index is 0.125. The van der Waals surface area contributed by atoms with Crippen LogP contribution in [0.1, 0.15) is 32.1 Å². The highest BCUT2D eigenvalue weighted by atomic mass is 35.5. The van der Waals surface area contributed by atoms with E-state index in [9.17, 15) is 4.39 Å². The van der Waals surface area contributed by atoms with Gasteiger partial charge < -0.3 is 10.2 Å². The van der Waals surface area contributed by atoms with Crippen LogP contribution < -0.4 is 10.2 Å². The third kappa shape index (κ3) is 5.76. The highest BCUT2D eigenvalue weighted by Crippen LogP contribution is 2.36. The Morgan fingerprint density at radius 2 is 1.74 bits per heavy atom. The van der Waals surface area contributed by atoms with E-state index in [4.69, 9.17) is 23.2 Å². The highest BCUT2D eigenvalue weighted by Gasteiger charge is 2.36. The van der Waals surface area contributed by atoms with E-state index in [1.54, 1.807) is 6.07 Å². The van der Waals surface area contributed by atoms with Gasteiger partial charge in [0.05, 0.1) is 28.1 Å². The maximum atomic E-state index is 15.4. The Morgan fingerprint density at radius 1 is 1.06 bits per heavy atom. The second-order valence-electron chi connectivity index (χ2n) is 8.45.